The Bertz CT molecular complexity index is 890. The molecule has 1 aliphatic heterocycles. The molecule has 0 saturated carbocycles. The number of aryl methyl sites for hydroxylation is 1. The van der Waals surface area contributed by atoms with Crippen molar-refractivity contribution < 1.29 is 14.3 Å². The zero-order valence-electron chi connectivity index (χ0n) is 13.7. The maximum absolute atomic E-state index is 13.2. The lowest BCUT2D eigenvalue weighted by Crippen LogP contribution is -2.51. The molecule has 0 bridgehead atoms. The molecular weight excluding hydrogens is 317 g/mol. The zero-order valence-corrected chi connectivity index (χ0v) is 13.7. The van der Waals surface area contributed by atoms with Gasteiger partial charge in [-0.25, -0.2) is 4.39 Å². The topological polar surface area (TPSA) is 40.5 Å². The minimum atomic E-state index is -0.697. The predicted octanol–water partition coefficient (Wildman–Crippen LogP) is 3.23. The third-order valence-electron chi connectivity index (χ3n) is 5.06. The maximum Gasteiger partial charge on any atom is 0.309 e. The van der Waals surface area contributed by atoms with Crippen LogP contribution in [0.4, 0.5) is 4.39 Å². The fourth-order valence-corrected chi connectivity index (χ4v) is 3.69. The van der Waals surface area contributed by atoms with Gasteiger partial charge in [0, 0.05) is 30.3 Å². The Morgan fingerprint density at radius 1 is 1.12 bits per heavy atom. The number of carboxylic acids is 1. The molecule has 2 aromatic rings. The van der Waals surface area contributed by atoms with Crippen LogP contribution in [0.2, 0.25) is 0 Å². The molecule has 1 unspecified atom stereocenters. The first-order valence-electron chi connectivity index (χ1n) is 8.47. The highest BCUT2D eigenvalue weighted by Crippen LogP contribution is 2.39. The Kier molecular flexibility index (Phi) is 4.03. The number of likely N-dealkylation sites (tertiary alicyclic amines) is 1. The van der Waals surface area contributed by atoms with E-state index in [9.17, 15) is 9.18 Å². The van der Waals surface area contributed by atoms with E-state index in [1.54, 1.807) is 12.1 Å². The average molecular weight is 335 g/mol. The van der Waals surface area contributed by atoms with Gasteiger partial charge in [0.05, 0.1) is 5.92 Å². The van der Waals surface area contributed by atoms with Crippen molar-refractivity contribution in [2.24, 2.45) is 5.92 Å². The van der Waals surface area contributed by atoms with Crippen molar-refractivity contribution in [3.8, 4) is 11.8 Å². The summed E-state index contributed by atoms with van der Waals surface area (Å²) in [5.41, 5.74) is 4.17. The van der Waals surface area contributed by atoms with Crippen molar-refractivity contribution in [3.63, 3.8) is 0 Å². The van der Waals surface area contributed by atoms with Crippen molar-refractivity contribution in [3.05, 3.63) is 70.5 Å². The summed E-state index contributed by atoms with van der Waals surface area (Å²) in [5, 5.41) is 9.03. The summed E-state index contributed by atoms with van der Waals surface area (Å²) in [5.74, 6) is 4.91. The number of rotatable bonds is 2. The molecule has 3 nitrogen and oxygen atoms in total. The van der Waals surface area contributed by atoms with Crippen molar-refractivity contribution in [2.45, 2.75) is 18.9 Å². The highest BCUT2D eigenvalue weighted by molar-refractivity contribution is 5.71. The van der Waals surface area contributed by atoms with E-state index >= 15 is 0 Å². The van der Waals surface area contributed by atoms with Gasteiger partial charge in [-0.15, -0.1) is 0 Å². The molecule has 4 rings (SSSR count). The quantitative estimate of drug-likeness (QED) is 0.857. The van der Waals surface area contributed by atoms with Crippen molar-refractivity contribution in [2.75, 3.05) is 13.1 Å². The van der Waals surface area contributed by atoms with E-state index in [2.05, 4.69) is 28.9 Å². The summed E-state index contributed by atoms with van der Waals surface area (Å²) in [6.07, 6.45) is 2.02. The molecule has 1 heterocycles. The van der Waals surface area contributed by atoms with Gasteiger partial charge in [-0.1, -0.05) is 24.0 Å². The van der Waals surface area contributed by atoms with Crippen molar-refractivity contribution in [1.82, 2.24) is 4.90 Å². The SMILES string of the molecule is O=C(O)C1CN(C2CCc3cc(C#Cc4cccc(F)c4)ccc32)C1. The smallest absolute Gasteiger partial charge is 0.309 e. The van der Waals surface area contributed by atoms with E-state index in [0.717, 1.165) is 18.4 Å². The van der Waals surface area contributed by atoms with Gasteiger partial charge in [-0.2, -0.15) is 0 Å². The second-order valence-electron chi connectivity index (χ2n) is 6.72. The third kappa shape index (κ3) is 3.16. The molecule has 1 saturated heterocycles. The van der Waals surface area contributed by atoms with Crippen LogP contribution < -0.4 is 0 Å². The van der Waals surface area contributed by atoms with Crippen LogP contribution in [0, 0.1) is 23.6 Å². The van der Waals surface area contributed by atoms with E-state index in [0.29, 0.717) is 24.7 Å². The minimum absolute atomic E-state index is 0.222. The van der Waals surface area contributed by atoms with Crippen LogP contribution in [0.15, 0.2) is 42.5 Å². The fraction of sp³-hybridized carbons (Fsp3) is 0.286. The molecule has 0 amide bonds. The number of fused-ring (bicyclic) bond motifs is 1. The van der Waals surface area contributed by atoms with Gasteiger partial charge in [0.1, 0.15) is 5.82 Å². The first-order valence-corrected chi connectivity index (χ1v) is 8.47. The maximum atomic E-state index is 13.2. The average Bonchev–Trinajstić information content (AvgIpc) is 2.94. The Morgan fingerprint density at radius 2 is 1.88 bits per heavy atom. The van der Waals surface area contributed by atoms with E-state index in [1.807, 2.05) is 6.07 Å². The number of carbonyl (C=O) groups is 1. The van der Waals surface area contributed by atoms with Crippen LogP contribution in [0.3, 0.4) is 0 Å². The summed E-state index contributed by atoms with van der Waals surface area (Å²) in [6, 6.07) is 12.8. The van der Waals surface area contributed by atoms with Crippen molar-refractivity contribution >= 4 is 5.97 Å². The highest BCUT2D eigenvalue weighted by Gasteiger charge is 2.39. The van der Waals surface area contributed by atoms with Crippen LogP contribution in [0.25, 0.3) is 0 Å². The minimum Gasteiger partial charge on any atom is -0.481 e. The second-order valence-corrected chi connectivity index (χ2v) is 6.72. The Labute approximate surface area is 146 Å². The Morgan fingerprint density at radius 3 is 2.60 bits per heavy atom. The first kappa shape index (κ1) is 15.9. The number of benzene rings is 2. The molecule has 126 valence electrons. The first-order chi connectivity index (χ1) is 12.1. The highest BCUT2D eigenvalue weighted by atomic mass is 19.1. The van der Waals surface area contributed by atoms with Crippen LogP contribution >= 0.6 is 0 Å². The molecule has 1 fully saturated rings. The van der Waals surface area contributed by atoms with Gasteiger partial charge in [0.2, 0.25) is 0 Å². The molecule has 4 heteroatoms. The van der Waals surface area contributed by atoms with Crippen LogP contribution in [0.5, 0.6) is 0 Å². The summed E-state index contributed by atoms with van der Waals surface area (Å²) in [6.45, 7) is 1.28. The van der Waals surface area contributed by atoms with Crippen LogP contribution in [0.1, 0.15) is 34.7 Å². The van der Waals surface area contributed by atoms with E-state index in [1.165, 1.54) is 23.3 Å². The predicted molar refractivity (Wildman–Crippen MR) is 92.6 cm³/mol. The Balaban J connectivity index is 1.50. The van der Waals surface area contributed by atoms with Crippen LogP contribution in [-0.4, -0.2) is 29.1 Å². The monoisotopic (exact) mass is 335 g/mol. The van der Waals surface area contributed by atoms with E-state index in [-0.39, 0.29) is 11.7 Å². The summed E-state index contributed by atoms with van der Waals surface area (Å²) in [7, 11) is 0. The summed E-state index contributed by atoms with van der Waals surface area (Å²) < 4.78 is 13.2. The molecule has 2 aromatic carbocycles. The molecule has 25 heavy (non-hydrogen) atoms. The van der Waals surface area contributed by atoms with Gasteiger partial charge < -0.3 is 5.11 Å². The number of aliphatic carboxylic acids is 1. The lowest BCUT2D eigenvalue weighted by Gasteiger charge is -2.41. The summed E-state index contributed by atoms with van der Waals surface area (Å²) in [4.78, 5) is 13.2. The van der Waals surface area contributed by atoms with Gasteiger partial charge in [-0.3, -0.25) is 9.69 Å². The Hall–Kier alpha value is -2.64. The number of halogens is 1. The van der Waals surface area contributed by atoms with E-state index < -0.39 is 5.97 Å². The number of carboxylic acid groups (broad SMARTS) is 1. The molecule has 0 spiro atoms. The number of hydrogen-bond donors (Lipinski definition) is 1. The largest absolute Gasteiger partial charge is 0.481 e. The number of nitrogens with zero attached hydrogens (tertiary/aromatic N) is 1. The lowest BCUT2D eigenvalue weighted by atomic mass is 9.95. The van der Waals surface area contributed by atoms with Gasteiger partial charge in [0.15, 0.2) is 0 Å². The molecule has 0 aromatic heterocycles. The molecule has 1 aliphatic carbocycles. The number of hydrogen-bond acceptors (Lipinski definition) is 2. The molecule has 1 atom stereocenters. The van der Waals surface area contributed by atoms with Gasteiger partial charge in [-0.05, 0) is 54.3 Å². The van der Waals surface area contributed by atoms with Gasteiger partial charge >= 0.3 is 5.97 Å². The summed E-state index contributed by atoms with van der Waals surface area (Å²) >= 11 is 0. The molecule has 1 N–H and O–H groups in total. The normalized spacial score (nSPS) is 19.6. The molecular formula is C21H18FNO2. The van der Waals surface area contributed by atoms with E-state index in [4.69, 9.17) is 5.11 Å². The third-order valence-corrected chi connectivity index (χ3v) is 5.06. The fourth-order valence-electron chi connectivity index (χ4n) is 3.69. The zero-order chi connectivity index (χ0) is 17.4. The molecule has 2 aliphatic rings. The van der Waals surface area contributed by atoms with Crippen molar-refractivity contribution in [1.29, 1.82) is 0 Å². The lowest BCUT2D eigenvalue weighted by molar-refractivity contribution is -0.148. The molecule has 0 radical (unpaired) electrons. The second kappa shape index (κ2) is 6.34. The van der Waals surface area contributed by atoms with Crippen LogP contribution in [-0.2, 0) is 11.2 Å². The van der Waals surface area contributed by atoms with Gasteiger partial charge in [0.25, 0.3) is 0 Å². The standard InChI is InChI=1S/C21H18FNO2/c22-18-3-1-2-14(11-18)4-5-15-6-8-19-16(10-15)7-9-20(19)23-12-17(13-23)21(24)25/h1-3,6,8,10-11,17,20H,7,9,12-13H2,(H,24,25).